The molecule has 0 saturated heterocycles. The number of nitrogens with two attached hydrogens (primary N) is 1. The SMILES string of the molecule is CCC(N)Cc1ccc(OCc2cnc(C)s2)c(F)c1. The molecule has 0 fully saturated rings. The van der Waals surface area contributed by atoms with Crippen LogP contribution in [0.2, 0.25) is 0 Å². The fourth-order valence-electron chi connectivity index (χ4n) is 1.86. The van der Waals surface area contributed by atoms with Crippen LogP contribution in [0, 0.1) is 12.7 Å². The van der Waals surface area contributed by atoms with Gasteiger partial charge in [-0.1, -0.05) is 13.0 Å². The zero-order chi connectivity index (χ0) is 14.5. The molecule has 0 radical (unpaired) electrons. The van der Waals surface area contributed by atoms with E-state index in [-0.39, 0.29) is 17.6 Å². The highest BCUT2D eigenvalue weighted by atomic mass is 32.1. The number of hydrogen-bond acceptors (Lipinski definition) is 4. The van der Waals surface area contributed by atoms with Gasteiger partial charge in [0, 0.05) is 12.2 Å². The highest BCUT2D eigenvalue weighted by Crippen LogP contribution is 2.21. The second kappa shape index (κ2) is 6.81. The molecule has 0 aliphatic heterocycles. The molecule has 0 aliphatic rings. The van der Waals surface area contributed by atoms with Crippen LogP contribution in [0.1, 0.15) is 28.8 Å². The Morgan fingerprint density at radius 2 is 2.25 bits per heavy atom. The zero-order valence-electron chi connectivity index (χ0n) is 11.7. The molecule has 20 heavy (non-hydrogen) atoms. The van der Waals surface area contributed by atoms with Gasteiger partial charge in [0.25, 0.3) is 0 Å². The molecule has 2 N–H and O–H groups in total. The van der Waals surface area contributed by atoms with E-state index in [1.54, 1.807) is 23.6 Å². The number of rotatable bonds is 6. The summed E-state index contributed by atoms with van der Waals surface area (Å²) in [5, 5.41) is 0.980. The first kappa shape index (κ1) is 14.9. The topological polar surface area (TPSA) is 48.1 Å². The number of halogens is 1. The molecular weight excluding hydrogens is 275 g/mol. The number of aromatic nitrogens is 1. The Hall–Kier alpha value is -1.46. The van der Waals surface area contributed by atoms with Crippen molar-refractivity contribution in [1.82, 2.24) is 4.98 Å². The van der Waals surface area contributed by atoms with Crippen molar-refractivity contribution in [3.63, 3.8) is 0 Å². The molecule has 2 aromatic rings. The maximum atomic E-state index is 13.9. The predicted octanol–water partition coefficient (Wildman–Crippen LogP) is 3.45. The van der Waals surface area contributed by atoms with Gasteiger partial charge in [0.1, 0.15) is 6.61 Å². The maximum absolute atomic E-state index is 13.9. The lowest BCUT2D eigenvalue weighted by Crippen LogP contribution is -2.21. The van der Waals surface area contributed by atoms with Gasteiger partial charge < -0.3 is 10.5 Å². The third kappa shape index (κ3) is 4.02. The summed E-state index contributed by atoms with van der Waals surface area (Å²) in [6, 6.07) is 5.11. The van der Waals surface area contributed by atoms with Crippen molar-refractivity contribution in [3.8, 4) is 5.75 Å². The summed E-state index contributed by atoms with van der Waals surface area (Å²) in [6.07, 6.45) is 3.32. The van der Waals surface area contributed by atoms with Crippen molar-refractivity contribution in [2.75, 3.05) is 0 Å². The van der Waals surface area contributed by atoms with Gasteiger partial charge in [-0.2, -0.15) is 0 Å². The Kier molecular flexibility index (Phi) is 5.09. The summed E-state index contributed by atoms with van der Waals surface area (Å²) in [5.41, 5.74) is 6.77. The van der Waals surface area contributed by atoms with Gasteiger partial charge in [0.05, 0.1) is 9.88 Å². The van der Waals surface area contributed by atoms with Crippen LogP contribution < -0.4 is 10.5 Å². The first-order valence-corrected chi connectivity index (χ1v) is 7.48. The zero-order valence-corrected chi connectivity index (χ0v) is 12.5. The molecule has 0 aliphatic carbocycles. The van der Waals surface area contributed by atoms with Gasteiger partial charge in [0.15, 0.2) is 11.6 Å². The number of thiazole rings is 1. The molecule has 1 unspecified atom stereocenters. The number of hydrogen-bond donors (Lipinski definition) is 1. The molecule has 0 spiro atoms. The maximum Gasteiger partial charge on any atom is 0.165 e. The van der Waals surface area contributed by atoms with E-state index >= 15 is 0 Å². The molecule has 3 nitrogen and oxygen atoms in total. The molecule has 108 valence electrons. The Labute approximate surface area is 122 Å². The summed E-state index contributed by atoms with van der Waals surface area (Å²) in [4.78, 5) is 5.12. The lowest BCUT2D eigenvalue weighted by Gasteiger charge is -2.10. The molecule has 0 bridgehead atoms. The third-order valence-electron chi connectivity index (χ3n) is 3.06. The van der Waals surface area contributed by atoms with Gasteiger partial charge in [-0.3, -0.25) is 0 Å². The fourth-order valence-corrected chi connectivity index (χ4v) is 2.56. The van der Waals surface area contributed by atoms with Crippen LogP contribution in [0.5, 0.6) is 5.75 Å². The largest absolute Gasteiger partial charge is 0.485 e. The van der Waals surface area contributed by atoms with Gasteiger partial charge >= 0.3 is 0 Å². The van der Waals surface area contributed by atoms with Crippen LogP contribution in [-0.4, -0.2) is 11.0 Å². The standard InChI is InChI=1S/C15H19FN2OS/c1-3-12(17)6-11-4-5-15(14(16)7-11)19-9-13-8-18-10(2)20-13/h4-5,7-8,12H,3,6,9,17H2,1-2H3. The Morgan fingerprint density at radius 3 is 2.85 bits per heavy atom. The van der Waals surface area contributed by atoms with Crippen LogP contribution in [0.15, 0.2) is 24.4 Å². The predicted molar refractivity (Wildman–Crippen MR) is 79.6 cm³/mol. The lowest BCUT2D eigenvalue weighted by atomic mass is 10.0. The highest BCUT2D eigenvalue weighted by molar-refractivity contribution is 7.11. The normalized spacial score (nSPS) is 12.4. The van der Waals surface area contributed by atoms with Crippen molar-refractivity contribution in [1.29, 1.82) is 0 Å². The number of nitrogens with zero attached hydrogens (tertiary/aromatic N) is 1. The lowest BCUT2D eigenvalue weighted by molar-refractivity contribution is 0.293. The van der Waals surface area contributed by atoms with E-state index in [1.165, 1.54) is 6.07 Å². The van der Waals surface area contributed by atoms with Crippen molar-refractivity contribution in [2.45, 2.75) is 39.3 Å². The number of aryl methyl sites for hydroxylation is 1. The van der Waals surface area contributed by atoms with Crippen LogP contribution >= 0.6 is 11.3 Å². The van der Waals surface area contributed by atoms with Crippen LogP contribution in [-0.2, 0) is 13.0 Å². The van der Waals surface area contributed by atoms with E-state index in [2.05, 4.69) is 4.98 Å². The summed E-state index contributed by atoms with van der Waals surface area (Å²) in [5.74, 6) is -0.0723. The first-order chi connectivity index (χ1) is 9.58. The van der Waals surface area contributed by atoms with E-state index in [0.29, 0.717) is 13.0 Å². The molecule has 1 heterocycles. The molecule has 0 amide bonds. The smallest absolute Gasteiger partial charge is 0.165 e. The highest BCUT2D eigenvalue weighted by Gasteiger charge is 2.08. The monoisotopic (exact) mass is 294 g/mol. The van der Waals surface area contributed by atoms with E-state index in [0.717, 1.165) is 21.9 Å². The Balaban J connectivity index is 1.98. The average Bonchev–Trinajstić information content (AvgIpc) is 2.83. The summed E-state index contributed by atoms with van der Waals surface area (Å²) < 4.78 is 19.4. The van der Waals surface area contributed by atoms with E-state index in [9.17, 15) is 4.39 Å². The average molecular weight is 294 g/mol. The minimum atomic E-state index is -0.341. The molecule has 2 rings (SSSR count). The first-order valence-electron chi connectivity index (χ1n) is 6.66. The van der Waals surface area contributed by atoms with E-state index in [1.807, 2.05) is 19.9 Å². The molecule has 1 aromatic heterocycles. The quantitative estimate of drug-likeness (QED) is 0.887. The Morgan fingerprint density at radius 1 is 1.45 bits per heavy atom. The molecule has 1 atom stereocenters. The molecule has 0 saturated carbocycles. The van der Waals surface area contributed by atoms with Crippen LogP contribution in [0.4, 0.5) is 4.39 Å². The molecular formula is C15H19FN2OS. The summed E-state index contributed by atoms with van der Waals surface area (Å²) in [6.45, 7) is 4.30. The summed E-state index contributed by atoms with van der Waals surface area (Å²) in [7, 11) is 0. The fraction of sp³-hybridized carbons (Fsp3) is 0.400. The Bertz CT molecular complexity index is 571. The molecule has 1 aromatic carbocycles. The van der Waals surface area contributed by atoms with Crippen molar-refractivity contribution in [3.05, 3.63) is 45.7 Å². The van der Waals surface area contributed by atoms with Crippen molar-refractivity contribution in [2.24, 2.45) is 5.73 Å². The second-order valence-electron chi connectivity index (χ2n) is 4.77. The summed E-state index contributed by atoms with van der Waals surface area (Å²) >= 11 is 1.55. The van der Waals surface area contributed by atoms with Crippen molar-refractivity contribution >= 4 is 11.3 Å². The second-order valence-corrected chi connectivity index (χ2v) is 6.09. The minimum Gasteiger partial charge on any atom is -0.485 e. The number of benzene rings is 1. The van der Waals surface area contributed by atoms with Gasteiger partial charge in [-0.15, -0.1) is 11.3 Å². The molecule has 5 heteroatoms. The van der Waals surface area contributed by atoms with Gasteiger partial charge in [0.2, 0.25) is 0 Å². The van der Waals surface area contributed by atoms with E-state index < -0.39 is 0 Å². The van der Waals surface area contributed by atoms with Gasteiger partial charge in [-0.25, -0.2) is 9.37 Å². The van der Waals surface area contributed by atoms with Crippen LogP contribution in [0.3, 0.4) is 0 Å². The number of ether oxygens (including phenoxy) is 1. The van der Waals surface area contributed by atoms with Crippen molar-refractivity contribution < 1.29 is 9.13 Å². The van der Waals surface area contributed by atoms with Crippen LogP contribution in [0.25, 0.3) is 0 Å². The van der Waals surface area contributed by atoms with E-state index in [4.69, 9.17) is 10.5 Å². The third-order valence-corrected chi connectivity index (χ3v) is 3.94. The van der Waals surface area contributed by atoms with Gasteiger partial charge in [-0.05, 0) is 37.5 Å². The minimum absolute atomic E-state index is 0.0707.